The summed E-state index contributed by atoms with van der Waals surface area (Å²) in [6, 6.07) is 3.56. The zero-order valence-electron chi connectivity index (χ0n) is 15.3. The normalized spacial score (nSPS) is 20.3. The molecule has 2 aliphatic rings. The molecule has 0 radical (unpaired) electrons. The molecule has 1 aromatic carbocycles. The van der Waals surface area contributed by atoms with Crippen molar-refractivity contribution in [1.29, 1.82) is 0 Å². The van der Waals surface area contributed by atoms with Crippen LogP contribution in [0.5, 0.6) is 0 Å². The predicted molar refractivity (Wildman–Crippen MR) is 97.3 cm³/mol. The molecular formula is C20H24F2N4O. The highest BCUT2D eigenvalue weighted by Gasteiger charge is 2.27. The van der Waals surface area contributed by atoms with E-state index in [0.29, 0.717) is 5.92 Å². The van der Waals surface area contributed by atoms with Gasteiger partial charge < -0.3 is 9.88 Å². The molecule has 1 atom stereocenters. The monoisotopic (exact) mass is 374 g/mol. The van der Waals surface area contributed by atoms with Gasteiger partial charge in [0.2, 0.25) is 5.91 Å². The molecule has 1 unspecified atom stereocenters. The molecule has 5 nitrogen and oxygen atoms in total. The number of halogens is 2. The molecule has 2 heterocycles. The second kappa shape index (κ2) is 7.74. The Morgan fingerprint density at radius 1 is 1.11 bits per heavy atom. The highest BCUT2D eigenvalue weighted by atomic mass is 19.1. The van der Waals surface area contributed by atoms with E-state index >= 15 is 0 Å². The Bertz CT molecular complexity index is 809. The van der Waals surface area contributed by atoms with Gasteiger partial charge in [-0.3, -0.25) is 4.79 Å². The number of hydrogen-bond donors (Lipinski definition) is 1. The van der Waals surface area contributed by atoms with Crippen LogP contribution in [-0.4, -0.2) is 20.7 Å². The van der Waals surface area contributed by atoms with Crippen molar-refractivity contribution in [2.75, 3.05) is 5.32 Å². The standard InChI is InChI=1S/C20H24F2N4O/c21-15-6-3-7-16(22)19(15)23-18(27)12-13-8-9-17-24-25-20(26(17)11-10-13)14-4-1-2-5-14/h3,6-7,13-14H,1-2,4-5,8-12H2,(H,23,27). The van der Waals surface area contributed by atoms with Gasteiger partial charge >= 0.3 is 0 Å². The number of hydrogen-bond acceptors (Lipinski definition) is 3. The van der Waals surface area contributed by atoms with Crippen LogP contribution in [0, 0.1) is 17.6 Å². The number of anilines is 1. The number of carbonyl (C=O) groups is 1. The molecule has 1 saturated carbocycles. The van der Waals surface area contributed by atoms with Crippen molar-refractivity contribution in [2.24, 2.45) is 5.92 Å². The number of carbonyl (C=O) groups excluding carboxylic acids is 1. The number of nitrogens with one attached hydrogen (secondary N) is 1. The lowest BCUT2D eigenvalue weighted by atomic mass is 9.96. The Kier molecular flexibility index (Phi) is 5.18. The molecule has 1 aromatic heterocycles. The Morgan fingerprint density at radius 3 is 2.59 bits per heavy atom. The molecule has 1 aliphatic heterocycles. The third-order valence-electron chi connectivity index (χ3n) is 5.81. The van der Waals surface area contributed by atoms with Crippen molar-refractivity contribution >= 4 is 11.6 Å². The minimum absolute atomic E-state index is 0.165. The zero-order valence-corrected chi connectivity index (χ0v) is 15.3. The van der Waals surface area contributed by atoms with Gasteiger partial charge in [-0.15, -0.1) is 10.2 Å². The summed E-state index contributed by atoms with van der Waals surface area (Å²) in [5, 5.41) is 11.2. The fraction of sp³-hybridized carbons (Fsp3) is 0.550. The fourth-order valence-corrected chi connectivity index (χ4v) is 4.33. The van der Waals surface area contributed by atoms with Crippen LogP contribution in [0.4, 0.5) is 14.5 Å². The quantitative estimate of drug-likeness (QED) is 0.873. The largest absolute Gasteiger partial charge is 0.321 e. The average Bonchev–Trinajstić information content (AvgIpc) is 3.26. The molecule has 1 fully saturated rings. The van der Waals surface area contributed by atoms with Crippen molar-refractivity contribution in [1.82, 2.24) is 14.8 Å². The smallest absolute Gasteiger partial charge is 0.224 e. The summed E-state index contributed by atoms with van der Waals surface area (Å²) in [7, 11) is 0. The van der Waals surface area contributed by atoms with Gasteiger partial charge in [0.1, 0.15) is 29.0 Å². The SMILES string of the molecule is O=C(CC1CCc2nnc(C3CCCC3)n2CC1)Nc1c(F)cccc1F. The molecule has 1 N–H and O–H groups in total. The lowest BCUT2D eigenvalue weighted by Gasteiger charge is -2.15. The number of benzene rings is 1. The summed E-state index contributed by atoms with van der Waals surface area (Å²) < 4.78 is 29.7. The van der Waals surface area contributed by atoms with E-state index in [0.717, 1.165) is 49.6 Å². The van der Waals surface area contributed by atoms with Crippen LogP contribution in [0.25, 0.3) is 0 Å². The molecule has 0 saturated heterocycles. The van der Waals surface area contributed by atoms with E-state index in [-0.39, 0.29) is 23.9 Å². The second-order valence-corrected chi connectivity index (χ2v) is 7.65. The number of aryl methyl sites for hydroxylation is 1. The van der Waals surface area contributed by atoms with Gasteiger partial charge in [0, 0.05) is 25.3 Å². The van der Waals surface area contributed by atoms with E-state index in [1.165, 1.54) is 31.7 Å². The molecule has 2 aromatic rings. The Labute approximate surface area is 157 Å². The number of nitrogens with zero attached hydrogens (tertiary/aromatic N) is 3. The van der Waals surface area contributed by atoms with E-state index in [9.17, 15) is 13.6 Å². The minimum atomic E-state index is -0.753. The van der Waals surface area contributed by atoms with Gasteiger partial charge in [0.05, 0.1) is 0 Å². The van der Waals surface area contributed by atoms with Crippen molar-refractivity contribution in [3.63, 3.8) is 0 Å². The number of fused-ring (bicyclic) bond motifs is 1. The molecule has 4 rings (SSSR count). The number of rotatable bonds is 4. The van der Waals surface area contributed by atoms with Crippen LogP contribution in [-0.2, 0) is 17.8 Å². The van der Waals surface area contributed by atoms with E-state index in [1.807, 2.05) is 0 Å². The third-order valence-corrected chi connectivity index (χ3v) is 5.81. The van der Waals surface area contributed by atoms with Crippen LogP contribution in [0.1, 0.15) is 62.5 Å². The molecule has 7 heteroatoms. The maximum Gasteiger partial charge on any atom is 0.224 e. The van der Waals surface area contributed by atoms with E-state index in [4.69, 9.17) is 0 Å². The first-order chi connectivity index (χ1) is 13.1. The van der Waals surface area contributed by atoms with Crippen LogP contribution in [0.3, 0.4) is 0 Å². The summed E-state index contributed by atoms with van der Waals surface area (Å²) in [5.74, 6) is 0.917. The van der Waals surface area contributed by atoms with Gasteiger partial charge in [-0.25, -0.2) is 8.78 Å². The first-order valence-corrected chi connectivity index (χ1v) is 9.77. The summed E-state index contributed by atoms with van der Waals surface area (Å²) >= 11 is 0. The Hall–Kier alpha value is -2.31. The van der Waals surface area contributed by atoms with Crippen LogP contribution < -0.4 is 5.32 Å². The molecule has 1 aliphatic carbocycles. The first kappa shape index (κ1) is 18.1. The lowest BCUT2D eigenvalue weighted by Crippen LogP contribution is -2.19. The van der Waals surface area contributed by atoms with Gasteiger partial charge in [-0.05, 0) is 43.7 Å². The fourth-order valence-electron chi connectivity index (χ4n) is 4.33. The summed E-state index contributed by atoms with van der Waals surface area (Å²) in [4.78, 5) is 12.3. The van der Waals surface area contributed by atoms with Gasteiger partial charge in [0.25, 0.3) is 0 Å². The van der Waals surface area contributed by atoms with E-state index in [1.54, 1.807) is 0 Å². The zero-order chi connectivity index (χ0) is 18.8. The van der Waals surface area contributed by atoms with Crippen LogP contribution in [0.2, 0.25) is 0 Å². The Morgan fingerprint density at radius 2 is 1.85 bits per heavy atom. The van der Waals surface area contributed by atoms with E-state index < -0.39 is 11.6 Å². The van der Waals surface area contributed by atoms with Gasteiger partial charge in [0.15, 0.2) is 0 Å². The summed E-state index contributed by atoms with van der Waals surface area (Å²) in [6.07, 6.45) is 7.57. The molecule has 144 valence electrons. The first-order valence-electron chi connectivity index (χ1n) is 9.77. The lowest BCUT2D eigenvalue weighted by molar-refractivity contribution is -0.117. The highest BCUT2D eigenvalue weighted by Crippen LogP contribution is 2.34. The maximum absolute atomic E-state index is 13.7. The van der Waals surface area contributed by atoms with Crippen molar-refractivity contribution in [2.45, 2.75) is 63.8 Å². The number of amides is 1. The van der Waals surface area contributed by atoms with E-state index in [2.05, 4.69) is 20.1 Å². The topological polar surface area (TPSA) is 59.8 Å². The highest BCUT2D eigenvalue weighted by molar-refractivity contribution is 5.91. The summed E-state index contributed by atoms with van der Waals surface area (Å²) in [6.45, 7) is 0.806. The van der Waals surface area contributed by atoms with Crippen LogP contribution >= 0.6 is 0 Å². The molecule has 0 bridgehead atoms. The Balaban J connectivity index is 1.38. The molecule has 0 spiro atoms. The van der Waals surface area contributed by atoms with Crippen molar-refractivity contribution < 1.29 is 13.6 Å². The van der Waals surface area contributed by atoms with Crippen LogP contribution in [0.15, 0.2) is 18.2 Å². The number of aromatic nitrogens is 3. The number of para-hydroxylation sites is 1. The van der Waals surface area contributed by atoms with Crippen molar-refractivity contribution in [3.8, 4) is 0 Å². The minimum Gasteiger partial charge on any atom is -0.321 e. The molecule has 27 heavy (non-hydrogen) atoms. The van der Waals surface area contributed by atoms with Gasteiger partial charge in [-0.1, -0.05) is 18.9 Å². The molecular weight excluding hydrogens is 350 g/mol. The van der Waals surface area contributed by atoms with Gasteiger partial charge in [-0.2, -0.15) is 0 Å². The summed E-state index contributed by atoms with van der Waals surface area (Å²) in [5.41, 5.74) is -0.364. The third kappa shape index (κ3) is 3.87. The second-order valence-electron chi connectivity index (χ2n) is 7.65. The predicted octanol–water partition coefficient (Wildman–Crippen LogP) is 4.20. The average molecular weight is 374 g/mol. The molecule has 1 amide bonds. The maximum atomic E-state index is 13.7. The van der Waals surface area contributed by atoms with Crippen molar-refractivity contribution in [3.05, 3.63) is 41.5 Å².